The fraction of sp³-hybridized carbons (Fsp3) is 0.350. The van der Waals surface area contributed by atoms with E-state index in [9.17, 15) is 4.79 Å². The Hall–Kier alpha value is 0.390. The van der Waals surface area contributed by atoms with E-state index in [1.807, 2.05) is 24.3 Å². The Bertz CT molecular complexity index is 885. The van der Waals surface area contributed by atoms with Crippen LogP contribution in [0.3, 0.4) is 0 Å². The molecule has 0 heterocycles. The number of ether oxygens (including phenoxy) is 2. The molecule has 1 atom stereocenters. The molecule has 0 radical (unpaired) electrons. The summed E-state index contributed by atoms with van der Waals surface area (Å²) in [5, 5.41) is 9.66. The molecule has 0 saturated heterocycles. The van der Waals surface area contributed by atoms with Gasteiger partial charge in [0.05, 0.1) is 22.7 Å². The van der Waals surface area contributed by atoms with E-state index in [1.54, 1.807) is 0 Å². The van der Waals surface area contributed by atoms with Crippen LogP contribution in [-0.4, -0.2) is 34.4 Å². The van der Waals surface area contributed by atoms with Crippen molar-refractivity contribution < 1.29 is 19.4 Å². The summed E-state index contributed by atoms with van der Waals surface area (Å²) in [5.74, 6) is 0.177. The lowest BCUT2D eigenvalue weighted by Crippen LogP contribution is -2.20. The van der Waals surface area contributed by atoms with E-state index in [0.717, 1.165) is 31.2 Å². The summed E-state index contributed by atoms with van der Waals surface area (Å²) in [4.78, 5) is 11.0. The van der Waals surface area contributed by atoms with E-state index >= 15 is 0 Å². The minimum atomic E-state index is -1.03. The molecular weight excluding hydrogens is 784 g/mol. The molecule has 164 valence electrons. The lowest BCUT2D eigenvalue weighted by atomic mass is 9.78. The van der Waals surface area contributed by atoms with Gasteiger partial charge in [0.2, 0.25) is 0 Å². The molecule has 0 bridgehead atoms. The van der Waals surface area contributed by atoms with Crippen LogP contribution in [0.25, 0.3) is 0 Å². The molecule has 0 aliphatic carbocycles. The van der Waals surface area contributed by atoms with Gasteiger partial charge in [0.25, 0.3) is 0 Å². The minimum Gasteiger partial charge on any atom is -0.490 e. The number of rotatable bonds is 9. The molecule has 0 spiro atoms. The molecule has 0 amide bonds. The van der Waals surface area contributed by atoms with Crippen molar-refractivity contribution in [3.63, 3.8) is 0 Å². The van der Waals surface area contributed by atoms with E-state index in [4.69, 9.17) is 14.6 Å². The average Bonchev–Trinajstić information content (AvgIpc) is 2.65. The molecule has 2 rings (SSSR count). The van der Waals surface area contributed by atoms with E-state index in [-0.39, 0.29) is 10.2 Å². The summed E-state index contributed by atoms with van der Waals surface area (Å²) in [5.41, 5.74) is 1.74. The Balaban J connectivity index is 2.38. The molecular formula is C20H18Br6O4. The minimum absolute atomic E-state index is 0.212. The Labute approximate surface area is 226 Å². The van der Waals surface area contributed by atoms with Crippen LogP contribution < -0.4 is 9.47 Å². The van der Waals surface area contributed by atoms with Gasteiger partial charge in [-0.3, -0.25) is 0 Å². The van der Waals surface area contributed by atoms with Crippen molar-refractivity contribution in [1.82, 2.24) is 0 Å². The monoisotopic (exact) mass is 796 g/mol. The zero-order chi connectivity index (χ0) is 22.6. The van der Waals surface area contributed by atoms with Gasteiger partial charge in [0.15, 0.2) is 6.61 Å². The van der Waals surface area contributed by atoms with Crippen molar-refractivity contribution in [2.24, 2.45) is 0 Å². The summed E-state index contributed by atoms with van der Waals surface area (Å²) in [7, 11) is 0. The fourth-order valence-corrected chi connectivity index (χ4v) is 5.79. The second-order valence-electron chi connectivity index (χ2n) is 6.91. The SMILES string of the molecule is CC(C)(c1cc(Br)c(OCC(=O)O)c(Br)c1)c1cc(Br)c(OCC(Br)CBr)c(Br)c1. The predicted octanol–water partition coefficient (Wildman–Crippen LogP) is 8.06. The third-order valence-corrected chi connectivity index (χ3v) is 8.95. The smallest absolute Gasteiger partial charge is 0.341 e. The van der Waals surface area contributed by atoms with E-state index in [0.29, 0.717) is 21.3 Å². The largest absolute Gasteiger partial charge is 0.490 e. The van der Waals surface area contributed by atoms with Crippen molar-refractivity contribution in [2.75, 3.05) is 18.5 Å². The molecule has 1 unspecified atom stereocenters. The maximum absolute atomic E-state index is 10.8. The Morgan fingerprint density at radius 2 is 1.33 bits per heavy atom. The highest BCUT2D eigenvalue weighted by Gasteiger charge is 2.27. The Morgan fingerprint density at radius 3 is 1.70 bits per heavy atom. The molecule has 0 saturated carbocycles. The number of carboxylic acids is 1. The topological polar surface area (TPSA) is 55.8 Å². The third-order valence-electron chi connectivity index (χ3n) is 4.36. The first-order valence-corrected chi connectivity index (χ1v) is 13.8. The number of benzene rings is 2. The van der Waals surface area contributed by atoms with Gasteiger partial charge < -0.3 is 14.6 Å². The standard InChI is InChI=1S/C20H18Br6O4/c1-20(2,11-5-15(25)19(16(26)6-11)30-9-17(27)28)10-3-13(23)18(14(24)4-10)29-8-12(22)7-21/h3-6,12H,7-9H2,1-2H3,(H,27,28). The van der Waals surface area contributed by atoms with E-state index < -0.39 is 12.6 Å². The van der Waals surface area contributed by atoms with Crippen LogP contribution in [0.15, 0.2) is 42.2 Å². The molecule has 0 fully saturated rings. The van der Waals surface area contributed by atoms with Crippen LogP contribution >= 0.6 is 95.6 Å². The summed E-state index contributed by atoms with van der Waals surface area (Å²) in [6, 6.07) is 7.99. The van der Waals surface area contributed by atoms with Crippen molar-refractivity contribution in [1.29, 1.82) is 0 Å². The number of alkyl halides is 2. The zero-order valence-corrected chi connectivity index (χ0v) is 25.5. The van der Waals surface area contributed by atoms with E-state index in [1.165, 1.54) is 0 Å². The van der Waals surface area contributed by atoms with E-state index in [2.05, 4.69) is 109 Å². The van der Waals surface area contributed by atoms with Gasteiger partial charge in [0, 0.05) is 10.7 Å². The van der Waals surface area contributed by atoms with Gasteiger partial charge in [-0.1, -0.05) is 45.7 Å². The van der Waals surface area contributed by atoms with Gasteiger partial charge in [-0.15, -0.1) is 0 Å². The van der Waals surface area contributed by atoms with Crippen LogP contribution in [0.1, 0.15) is 25.0 Å². The van der Waals surface area contributed by atoms with Gasteiger partial charge in [0.1, 0.15) is 18.1 Å². The van der Waals surface area contributed by atoms with Crippen molar-refractivity contribution in [3.8, 4) is 11.5 Å². The van der Waals surface area contributed by atoms with Gasteiger partial charge in [-0.25, -0.2) is 4.79 Å². The first kappa shape index (κ1) is 26.6. The number of carbonyl (C=O) groups is 1. The highest BCUT2D eigenvalue weighted by molar-refractivity contribution is 9.12. The maximum Gasteiger partial charge on any atom is 0.341 e. The van der Waals surface area contributed by atoms with Gasteiger partial charge in [-0.05, 0) is 99.1 Å². The summed E-state index contributed by atoms with van der Waals surface area (Å²) in [6.07, 6.45) is 0. The molecule has 10 heteroatoms. The lowest BCUT2D eigenvalue weighted by molar-refractivity contribution is -0.139. The number of hydrogen-bond acceptors (Lipinski definition) is 3. The molecule has 30 heavy (non-hydrogen) atoms. The Kier molecular flexibility index (Phi) is 10.2. The number of halogens is 6. The first-order chi connectivity index (χ1) is 14.0. The summed E-state index contributed by atoms with van der Waals surface area (Å²) >= 11 is 21.2. The molecule has 0 aromatic heterocycles. The third kappa shape index (κ3) is 6.70. The number of hydrogen-bond donors (Lipinski definition) is 1. The number of aliphatic carboxylic acids is 1. The zero-order valence-electron chi connectivity index (χ0n) is 15.9. The van der Waals surface area contributed by atoms with Crippen LogP contribution in [0.4, 0.5) is 0 Å². The molecule has 2 aromatic rings. The van der Waals surface area contributed by atoms with Crippen LogP contribution in [0.5, 0.6) is 11.5 Å². The normalized spacial score (nSPS) is 12.5. The van der Waals surface area contributed by atoms with Crippen LogP contribution in [0, 0.1) is 0 Å². The van der Waals surface area contributed by atoms with Crippen LogP contribution in [-0.2, 0) is 10.2 Å². The maximum atomic E-state index is 10.8. The molecule has 2 aromatic carbocycles. The molecule has 4 nitrogen and oxygen atoms in total. The number of carboxylic acid groups (broad SMARTS) is 1. The summed E-state index contributed by atoms with van der Waals surface area (Å²) < 4.78 is 14.4. The van der Waals surface area contributed by atoms with Gasteiger partial charge >= 0.3 is 5.97 Å². The Morgan fingerprint density at radius 1 is 0.933 bits per heavy atom. The molecule has 0 aliphatic rings. The summed E-state index contributed by atoms with van der Waals surface area (Å²) in [6.45, 7) is 4.36. The molecule has 0 aliphatic heterocycles. The second-order valence-corrected chi connectivity index (χ2v) is 12.3. The first-order valence-electron chi connectivity index (χ1n) is 8.63. The van der Waals surface area contributed by atoms with Gasteiger partial charge in [-0.2, -0.15) is 0 Å². The highest BCUT2D eigenvalue weighted by atomic mass is 79.9. The average molecular weight is 802 g/mol. The lowest BCUT2D eigenvalue weighted by Gasteiger charge is -2.28. The quantitative estimate of drug-likeness (QED) is 0.261. The fourth-order valence-electron chi connectivity index (χ4n) is 2.64. The molecule has 1 N–H and O–H groups in total. The van der Waals surface area contributed by atoms with Crippen molar-refractivity contribution >= 4 is 102 Å². The van der Waals surface area contributed by atoms with Crippen molar-refractivity contribution in [3.05, 3.63) is 53.3 Å². The predicted molar refractivity (Wildman–Crippen MR) is 141 cm³/mol. The van der Waals surface area contributed by atoms with Crippen molar-refractivity contribution in [2.45, 2.75) is 24.1 Å². The highest BCUT2D eigenvalue weighted by Crippen LogP contribution is 2.44. The second kappa shape index (κ2) is 11.5. The van der Waals surface area contributed by atoms with Crippen LogP contribution in [0.2, 0.25) is 0 Å².